The Balaban J connectivity index is 3.78. The van der Waals surface area contributed by atoms with Crippen LogP contribution in [0.2, 0.25) is 0 Å². The van der Waals surface area contributed by atoms with Gasteiger partial charge in [-0.3, -0.25) is 4.90 Å². The lowest BCUT2D eigenvalue weighted by Crippen LogP contribution is -2.40. The van der Waals surface area contributed by atoms with Crippen molar-refractivity contribution < 1.29 is 10.2 Å². The van der Waals surface area contributed by atoms with Gasteiger partial charge in [0.05, 0.1) is 13.2 Å². The van der Waals surface area contributed by atoms with Crippen LogP contribution in [0, 0.1) is 0 Å². The Kier molecular flexibility index (Phi) is 22.1. The standard InChI is InChI=1S/C24H51NO2/c1-3-5-7-9-11-12-13-14-16-18-20-25(21-22-26)24(23-27)19-17-15-10-8-6-4-2/h24,26-27H,3-23H2,1-2H3. The highest BCUT2D eigenvalue weighted by Gasteiger charge is 2.16. The summed E-state index contributed by atoms with van der Waals surface area (Å²) in [5.41, 5.74) is 0. The lowest BCUT2D eigenvalue weighted by molar-refractivity contribution is 0.0926. The molecule has 2 N–H and O–H groups in total. The van der Waals surface area contributed by atoms with E-state index in [9.17, 15) is 10.2 Å². The van der Waals surface area contributed by atoms with E-state index < -0.39 is 0 Å². The van der Waals surface area contributed by atoms with Crippen molar-refractivity contribution in [3.8, 4) is 0 Å². The van der Waals surface area contributed by atoms with Crippen LogP contribution in [0.5, 0.6) is 0 Å². The second-order valence-electron chi connectivity index (χ2n) is 8.33. The van der Waals surface area contributed by atoms with Crippen molar-refractivity contribution in [3.05, 3.63) is 0 Å². The fourth-order valence-corrected chi connectivity index (χ4v) is 3.96. The van der Waals surface area contributed by atoms with E-state index in [2.05, 4.69) is 18.7 Å². The first-order valence-corrected chi connectivity index (χ1v) is 12.3. The summed E-state index contributed by atoms with van der Waals surface area (Å²) in [6, 6.07) is 0.238. The molecule has 164 valence electrons. The maximum absolute atomic E-state index is 9.80. The number of rotatable bonds is 22. The summed E-state index contributed by atoms with van der Waals surface area (Å²) in [5.74, 6) is 0. The highest BCUT2D eigenvalue weighted by molar-refractivity contribution is 4.71. The van der Waals surface area contributed by atoms with Crippen LogP contribution in [0.1, 0.15) is 123 Å². The number of aliphatic hydroxyl groups is 2. The third-order valence-electron chi connectivity index (χ3n) is 5.80. The number of aliphatic hydroxyl groups excluding tert-OH is 2. The minimum absolute atomic E-state index is 0.199. The van der Waals surface area contributed by atoms with Crippen LogP contribution in [0.3, 0.4) is 0 Å². The van der Waals surface area contributed by atoms with E-state index in [1.807, 2.05) is 0 Å². The number of hydrogen-bond acceptors (Lipinski definition) is 3. The van der Waals surface area contributed by atoms with Gasteiger partial charge in [0.1, 0.15) is 0 Å². The van der Waals surface area contributed by atoms with Crippen molar-refractivity contribution in [1.82, 2.24) is 4.90 Å². The molecular formula is C24H51NO2. The molecule has 0 amide bonds. The first-order valence-electron chi connectivity index (χ1n) is 12.3. The van der Waals surface area contributed by atoms with Crippen molar-refractivity contribution in [2.45, 2.75) is 129 Å². The van der Waals surface area contributed by atoms with Crippen LogP contribution in [-0.2, 0) is 0 Å². The Labute approximate surface area is 170 Å². The number of unbranched alkanes of at least 4 members (excludes halogenated alkanes) is 14. The molecule has 0 radical (unpaired) electrons. The Hall–Kier alpha value is -0.120. The molecule has 0 aliphatic carbocycles. The second-order valence-corrected chi connectivity index (χ2v) is 8.33. The van der Waals surface area contributed by atoms with Crippen molar-refractivity contribution >= 4 is 0 Å². The van der Waals surface area contributed by atoms with Gasteiger partial charge in [0.2, 0.25) is 0 Å². The summed E-state index contributed by atoms with van der Waals surface area (Å²) in [5, 5.41) is 19.2. The van der Waals surface area contributed by atoms with E-state index in [0.717, 1.165) is 13.0 Å². The first-order chi connectivity index (χ1) is 13.3. The molecule has 0 saturated carbocycles. The zero-order valence-corrected chi connectivity index (χ0v) is 18.8. The first kappa shape index (κ1) is 26.9. The van der Waals surface area contributed by atoms with Crippen LogP contribution >= 0.6 is 0 Å². The molecule has 3 heteroatoms. The van der Waals surface area contributed by atoms with Crippen LogP contribution in [-0.4, -0.2) is 47.5 Å². The molecule has 3 nitrogen and oxygen atoms in total. The summed E-state index contributed by atoms with van der Waals surface area (Å²) in [6.07, 6.45) is 22.4. The largest absolute Gasteiger partial charge is 0.395 e. The van der Waals surface area contributed by atoms with E-state index >= 15 is 0 Å². The van der Waals surface area contributed by atoms with Crippen LogP contribution in [0.15, 0.2) is 0 Å². The Morgan fingerprint density at radius 3 is 1.44 bits per heavy atom. The van der Waals surface area contributed by atoms with Gasteiger partial charge in [-0.25, -0.2) is 0 Å². The summed E-state index contributed by atoms with van der Waals surface area (Å²) >= 11 is 0. The molecule has 27 heavy (non-hydrogen) atoms. The average Bonchev–Trinajstić information content (AvgIpc) is 2.68. The summed E-state index contributed by atoms with van der Waals surface area (Å²) < 4.78 is 0. The number of nitrogens with zero attached hydrogens (tertiary/aromatic N) is 1. The van der Waals surface area contributed by atoms with Gasteiger partial charge in [0, 0.05) is 12.6 Å². The molecule has 0 saturated heterocycles. The lowest BCUT2D eigenvalue weighted by Gasteiger charge is -2.30. The second kappa shape index (κ2) is 22.2. The van der Waals surface area contributed by atoms with Gasteiger partial charge in [-0.15, -0.1) is 0 Å². The van der Waals surface area contributed by atoms with Gasteiger partial charge in [-0.2, -0.15) is 0 Å². The van der Waals surface area contributed by atoms with Crippen molar-refractivity contribution in [2.24, 2.45) is 0 Å². The lowest BCUT2D eigenvalue weighted by atomic mass is 10.0. The van der Waals surface area contributed by atoms with Gasteiger partial charge in [-0.1, -0.05) is 110 Å². The highest BCUT2D eigenvalue weighted by atomic mass is 16.3. The fraction of sp³-hybridized carbons (Fsp3) is 1.00. The van der Waals surface area contributed by atoms with Crippen LogP contribution in [0.25, 0.3) is 0 Å². The average molecular weight is 386 g/mol. The minimum atomic E-state index is 0.199. The van der Waals surface area contributed by atoms with Gasteiger partial charge in [-0.05, 0) is 19.4 Å². The van der Waals surface area contributed by atoms with Crippen LogP contribution < -0.4 is 0 Å². The zero-order valence-electron chi connectivity index (χ0n) is 18.8. The normalized spacial score (nSPS) is 12.8. The molecule has 0 aromatic heterocycles. The SMILES string of the molecule is CCCCCCCCCCCCN(CCO)C(CO)CCCCCCCC. The molecule has 0 aromatic rings. The smallest absolute Gasteiger partial charge is 0.0586 e. The monoisotopic (exact) mass is 385 g/mol. The molecule has 0 aliphatic heterocycles. The molecule has 0 rings (SSSR count). The Morgan fingerprint density at radius 2 is 1.00 bits per heavy atom. The predicted molar refractivity (Wildman–Crippen MR) is 119 cm³/mol. The Morgan fingerprint density at radius 1 is 0.556 bits per heavy atom. The maximum Gasteiger partial charge on any atom is 0.0586 e. The predicted octanol–water partition coefficient (Wildman–Crippen LogP) is 6.31. The molecule has 0 aromatic carbocycles. The molecule has 0 bridgehead atoms. The van der Waals surface area contributed by atoms with Gasteiger partial charge < -0.3 is 10.2 Å². The minimum Gasteiger partial charge on any atom is -0.395 e. The summed E-state index contributed by atoms with van der Waals surface area (Å²) in [4.78, 5) is 2.33. The van der Waals surface area contributed by atoms with Crippen LogP contribution in [0.4, 0.5) is 0 Å². The molecule has 1 unspecified atom stereocenters. The van der Waals surface area contributed by atoms with E-state index in [-0.39, 0.29) is 19.3 Å². The summed E-state index contributed by atoms with van der Waals surface area (Å²) in [7, 11) is 0. The zero-order chi connectivity index (χ0) is 20.0. The molecule has 0 fully saturated rings. The van der Waals surface area contributed by atoms with Crippen molar-refractivity contribution in [2.75, 3.05) is 26.3 Å². The summed E-state index contributed by atoms with van der Waals surface area (Å²) in [6.45, 7) is 6.69. The fourth-order valence-electron chi connectivity index (χ4n) is 3.96. The maximum atomic E-state index is 9.80. The topological polar surface area (TPSA) is 43.7 Å². The molecule has 0 spiro atoms. The number of hydrogen-bond donors (Lipinski definition) is 2. The van der Waals surface area contributed by atoms with E-state index in [4.69, 9.17) is 0 Å². The van der Waals surface area contributed by atoms with Gasteiger partial charge in [0.25, 0.3) is 0 Å². The Bertz CT molecular complexity index is 273. The van der Waals surface area contributed by atoms with E-state index in [1.54, 1.807) is 0 Å². The highest BCUT2D eigenvalue weighted by Crippen LogP contribution is 2.15. The third-order valence-corrected chi connectivity index (χ3v) is 5.80. The third kappa shape index (κ3) is 17.7. The van der Waals surface area contributed by atoms with Gasteiger partial charge >= 0.3 is 0 Å². The molecule has 0 aliphatic rings. The van der Waals surface area contributed by atoms with Crippen molar-refractivity contribution in [3.63, 3.8) is 0 Å². The van der Waals surface area contributed by atoms with E-state index in [1.165, 1.54) is 103 Å². The molecule has 0 heterocycles. The quantitative estimate of drug-likeness (QED) is 0.214. The molecular weight excluding hydrogens is 334 g/mol. The van der Waals surface area contributed by atoms with Gasteiger partial charge in [0.15, 0.2) is 0 Å². The van der Waals surface area contributed by atoms with E-state index in [0.29, 0.717) is 6.54 Å². The molecule has 1 atom stereocenters. The van der Waals surface area contributed by atoms with Crippen molar-refractivity contribution in [1.29, 1.82) is 0 Å².